The highest BCUT2D eigenvalue weighted by Gasteiger charge is 2.04. The molecule has 2 aromatic rings. The van der Waals surface area contributed by atoms with Crippen molar-refractivity contribution in [1.82, 2.24) is 4.57 Å². The molecule has 1 aromatic carbocycles. The summed E-state index contributed by atoms with van der Waals surface area (Å²) in [5.74, 6) is 0. The lowest BCUT2D eigenvalue weighted by Gasteiger charge is -2.14. The number of hydrogen-bond acceptors (Lipinski definition) is 1. The Labute approximate surface area is 118 Å². The Morgan fingerprint density at radius 2 is 1.58 bits per heavy atom. The highest BCUT2D eigenvalue weighted by atomic mass is 16.5. The molecule has 0 aliphatic rings. The number of aryl methyl sites for hydroxylation is 2. The molecule has 0 fully saturated rings. The molecule has 0 spiro atoms. The van der Waals surface area contributed by atoms with Gasteiger partial charge < -0.3 is 9.30 Å². The maximum atomic E-state index is 4.94. The smallest absolute Gasteiger partial charge is 0.0594 e. The van der Waals surface area contributed by atoms with Gasteiger partial charge in [-0.3, -0.25) is 0 Å². The lowest BCUT2D eigenvalue weighted by Crippen LogP contribution is -2.15. The Morgan fingerprint density at radius 3 is 2.05 bits per heavy atom. The molecule has 0 saturated carbocycles. The van der Waals surface area contributed by atoms with E-state index in [0.29, 0.717) is 0 Å². The molecule has 0 amide bonds. The molecule has 2 heteroatoms. The van der Waals surface area contributed by atoms with Crippen LogP contribution in [-0.2, 0) is 11.8 Å². The van der Waals surface area contributed by atoms with E-state index in [1.54, 1.807) is 7.11 Å². The fourth-order valence-corrected chi connectivity index (χ4v) is 1.37. The summed E-state index contributed by atoms with van der Waals surface area (Å²) in [7, 11) is 3.78. The molecule has 2 rings (SSSR count). The van der Waals surface area contributed by atoms with Crippen LogP contribution in [0.3, 0.4) is 0 Å². The van der Waals surface area contributed by atoms with E-state index in [1.807, 2.05) is 34.6 Å². The van der Waals surface area contributed by atoms with E-state index in [1.165, 1.54) is 16.5 Å². The molecule has 0 aliphatic heterocycles. The van der Waals surface area contributed by atoms with Gasteiger partial charge >= 0.3 is 0 Å². The summed E-state index contributed by atoms with van der Waals surface area (Å²) in [6, 6.07) is 8.64. The van der Waals surface area contributed by atoms with Crippen molar-refractivity contribution in [3.8, 4) is 0 Å². The Kier molecular flexibility index (Phi) is 7.47. The van der Waals surface area contributed by atoms with E-state index in [-0.39, 0.29) is 5.60 Å². The van der Waals surface area contributed by atoms with Crippen LogP contribution < -0.4 is 0 Å². The van der Waals surface area contributed by atoms with Gasteiger partial charge in [-0.2, -0.15) is 0 Å². The lowest BCUT2D eigenvalue weighted by atomic mass is 10.2. The van der Waals surface area contributed by atoms with Crippen molar-refractivity contribution in [3.63, 3.8) is 0 Å². The second kappa shape index (κ2) is 8.00. The third kappa shape index (κ3) is 6.44. The number of fused-ring (bicyclic) bond motifs is 1. The molecule has 19 heavy (non-hydrogen) atoms. The summed E-state index contributed by atoms with van der Waals surface area (Å²) in [6.45, 7) is 12.2. The van der Waals surface area contributed by atoms with Crippen LogP contribution in [0, 0.1) is 6.92 Å². The minimum Gasteiger partial charge on any atom is -0.379 e. The van der Waals surface area contributed by atoms with Crippen LogP contribution in [0.1, 0.15) is 40.2 Å². The number of benzene rings is 1. The molecule has 0 bridgehead atoms. The van der Waals surface area contributed by atoms with Gasteiger partial charge in [-0.1, -0.05) is 26.0 Å². The molecule has 108 valence electrons. The number of aromatic nitrogens is 1. The van der Waals surface area contributed by atoms with E-state index in [0.717, 1.165) is 0 Å². The van der Waals surface area contributed by atoms with Gasteiger partial charge in [0.1, 0.15) is 0 Å². The Hall–Kier alpha value is -1.28. The maximum Gasteiger partial charge on any atom is 0.0594 e. The predicted molar refractivity (Wildman–Crippen MR) is 85.8 cm³/mol. The van der Waals surface area contributed by atoms with Crippen LogP contribution in [0.15, 0.2) is 30.5 Å². The van der Waals surface area contributed by atoms with Gasteiger partial charge in [-0.15, -0.1) is 0 Å². The highest BCUT2D eigenvalue weighted by molar-refractivity contribution is 5.80. The summed E-state index contributed by atoms with van der Waals surface area (Å²) >= 11 is 0. The molecule has 1 heterocycles. The minimum absolute atomic E-state index is 0.0417. The number of rotatable bonds is 0. The maximum absolute atomic E-state index is 4.94. The average Bonchev–Trinajstić information content (AvgIpc) is 2.73. The van der Waals surface area contributed by atoms with Gasteiger partial charge in [-0.25, -0.2) is 0 Å². The first kappa shape index (κ1) is 17.7. The van der Waals surface area contributed by atoms with E-state index in [2.05, 4.69) is 49.0 Å². The van der Waals surface area contributed by atoms with Crippen LogP contribution in [-0.4, -0.2) is 17.3 Å². The molecule has 0 radical (unpaired) electrons. The van der Waals surface area contributed by atoms with Crippen LogP contribution in [0.5, 0.6) is 0 Å². The molecular formula is C17H29NO. The largest absolute Gasteiger partial charge is 0.379 e. The molecule has 0 N–H and O–H groups in total. The van der Waals surface area contributed by atoms with Crippen molar-refractivity contribution in [2.75, 3.05) is 7.11 Å². The summed E-state index contributed by atoms with van der Waals surface area (Å²) in [5, 5.41) is 1.32. The molecule has 0 atom stereocenters. The zero-order valence-corrected chi connectivity index (χ0v) is 13.7. The van der Waals surface area contributed by atoms with E-state index in [9.17, 15) is 0 Å². The van der Waals surface area contributed by atoms with Crippen molar-refractivity contribution >= 4 is 10.9 Å². The first-order valence-corrected chi connectivity index (χ1v) is 6.90. The van der Waals surface area contributed by atoms with Gasteiger partial charge in [-0.05, 0) is 50.8 Å². The second-order valence-electron chi connectivity index (χ2n) is 5.31. The molecular weight excluding hydrogens is 234 g/mol. The molecule has 1 aromatic heterocycles. The van der Waals surface area contributed by atoms with Gasteiger partial charge in [0.2, 0.25) is 0 Å². The number of ether oxygens (including phenoxy) is 1. The monoisotopic (exact) mass is 263 g/mol. The first-order chi connectivity index (χ1) is 8.83. The van der Waals surface area contributed by atoms with Crippen LogP contribution in [0.2, 0.25) is 0 Å². The number of nitrogens with zero attached hydrogens (tertiary/aromatic N) is 1. The summed E-state index contributed by atoms with van der Waals surface area (Å²) < 4.78 is 7.08. The third-order valence-corrected chi connectivity index (χ3v) is 2.66. The SMILES string of the molecule is CC.COC(C)(C)C.Cc1ccc2ccn(C)c2c1. The molecule has 0 unspecified atom stereocenters. The zero-order chi connectivity index (χ0) is 15.1. The Morgan fingerprint density at radius 1 is 1.05 bits per heavy atom. The number of methoxy groups -OCH3 is 1. The van der Waals surface area contributed by atoms with Crippen molar-refractivity contribution in [2.24, 2.45) is 7.05 Å². The number of hydrogen-bond donors (Lipinski definition) is 0. The van der Waals surface area contributed by atoms with Crippen molar-refractivity contribution < 1.29 is 4.74 Å². The second-order valence-corrected chi connectivity index (χ2v) is 5.31. The van der Waals surface area contributed by atoms with E-state index >= 15 is 0 Å². The van der Waals surface area contributed by atoms with Gasteiger partial charge in [0.15, 0.2) is 0 Å². The van der Waals surface area contributed by atoms with Gasteiger partial charge in [0.25, 0.3) is 0 Å². The predicted octanol–water partition coefficient (Wildman–Crippen LogP) is 4.94. The quantitative estimate of drug-likeness (QED) is 0.656. The molecule has 0 saturated heterocycles. The lowest BCUT2D eigenvalue weighted by molar-refractivity contribution is 0.0397. The minimum atomic E-state index is 0.0417. The average molecular weight is 263 g/mol. The Bertz CT molecular complexity index is 477. The zero-order valence-electron chi connectivity index (χ0n) is 13.7. The topological polar surface area (TPSA) is 14.2 Å². The normalized spacial score (nSPS) is 10.3. The van der Waals surface area contributed by atoms with Crippen molar-refractivity contribution in [1.29, 1.82) is 0 Å². The van der Waals surface area contributed by atoms with Crippen LogP contribution in [0.4, 0.5) is 0 Å². The van der Waals surface area contributed by atoms with E-state index < -0.39 is 0 Å². The molecule has 0 aliphatic carbocycles. The highest BCUT2D eigenvalue weighted by Crippen LogP contribution is 2.15. The van der Waals surface area contributed by atoms with E-state index in [4.69, 9.17) is 4.74 Å². The third-order valence-electron chi connectivity index (χ3n) is 2.66. The fraction of sp³-hybridized carbons (Fsp3) is 0.529. The van der Waals surface area contributed by atoms with Gasteiger partial charge in [0.05, 0.1) is 5.60 Å². The fourth-order valence-electron chi connectivity index (χ4n) is 1.37. The standard InChI is InChI=1S/C10H11N.C5H12O.C2H6/c1-8-3-4-9-5-6-11(2)10(9)7-8;1-5(2,3)6-4;1-2/h3-7H,1-2H3;1-4H3;1-2H3. The Balaban J connectivity index is 0.000000350. The summed E-state index contributed by atoms with van der Waals surface area (Å²) in [6.07, 6.45) is 2.09. The van der Waals surface area contributed by atoms with Gasteiger partial charge in [0, 0.05) is 25.9 Å². The first-order valence-electron chi connectivity index (χ1n) is 6.90. The summed E-state index contributed by atoms with van der Waals surface area (Å²) in [4.78, 5) is 0. The molecule has 2 nitrogen and oxygen atoms in total. The van der Waals surface area contributed by atoms with Crippen LogP contribution >= 0.6 is 0 Å². The van der Waals surface area contributed by atoms with Crippen LogP contribution in [0.25, 0.3) is 10.9 Å². The summed E-state index contributed by atoms with van der Waals surface area (Å²) in [5.41, 5.74) is 2.67. The van der Waals surface area contributed by atoms with Crippen molar-refractivity contribution in [3.05, 3.63) is 36.0 Å². The van der Waals surface area contributed by atoms with Crippen molar-refractivity contribution in [2.45, 2.75) is 47.1 Å².